The van der Waals surface area contributed by atoms with Crippen molar-refractivity contribution in [3.8, 4) is 0 Å². The van der Waals surface area contributed by atoms with Gasteiger partial charge >= 0.3 is 0 Å². The number of carbonyl (C=O) groups is 2. The summed E-state index contributed by atoms with van der Waals surface area (Å²) in [5, 5.41) is 2.64. The summed E-state index contributed by atoms with van der Waals surface area (Å²) in [4.78, 5) is 23.5. The van der Waals surface area contributed by atoms with Crippen molar-refractivity contribution in [2.24, 2.45) is 11.7 Å². The van der Waals surface area contributed by atoms with Gasteiger partial charge in [0, 0.05) is 0 Å². The van der Waals surface area contributed by atoms with Crippen LogP contribution >= 0.6 is 0 Å². The highest BCUT2D eigenvalue weighted by Gasteiger charge is 2.26. The van der Waals surface area contributed by atoms with Crippen LogP contribution in [0.25, 0.3) is 0 Å². The minimum Gasteiger partial charge on any atom is -0.368 e. The Kier molecular flexibility index (Phi) is 4.74. The van der Waals surface area contributed by atoms with Crippen LogP contribution in [0, 0.1) is 5.92 Å². The molecule has 2 rings (SSSR count). The molecule has 0 heterocycles. The predicted molar refractivity (Wildman–Crippen MR) is 74.7 cm³/mol. The van der Waals surface area contributed by atoms with Gasteiger partial charge in [0.1, 0.15) is 12.1 Å². The first kappa shape index (κ1) is 14.5. The van der Waals surface area contributed by atoms with Crippen LogP contribution in [-0.4, -0.2) is 24.5 Å². The van der Waals surface area contributed by atoms with Gasteiger partial charge in [0.05, 0.1) is 6.61 Å². The highest BCUT2D eigenvalue weighted by Crippen LogP contribution is 2.29. The molecular weight excluding hydrogens is 256 g/mol. The van der Waals surface area contributed by atoms with Crippen LogP contribution in [0.2, 0.25) is 0 Å². The van der Waals surface area contributed by atoms with Gasteiger partial charge in [-0.15, -0.1) is 0 Å². The van der Waals surface area contributed by atoms with Gasteiger partial charge in [0.25, 0.3) is 0 Å². The lowest BCUT2D eigenvalue weighted by Gasteiger charge is -2.19. The molecule has 1 aliphatic carbocycles. The second-order valence-electron chi connectivity index (χ2n) is 5.17. The summed E-state index contributed by atoms with van der Waals surface area (Å²) < 4.78 is 5.48. The first-order valence-corrected chi connectivity index (χ1v) is 6.84. The number of benzene rings is 1. The van der Waals surface area contributed by atoms with Crippen molar-refractivity contribution in [2.45, 2.75) is 31.9 Å². The van der Waals surface area contributed by atoms with E-state index in [-0.39, 0.29) is 5.91 Å². The summed E-state index contributed by atoms with van der Waals surface area (Å²) >= 11 is 0. The summed E-state index contributed by atoms with van der Waals surface area (Å²) in [6.07, 6.45) is 1.76. The van der Waals surface area contributed by atoms with Crippen LogP contribution in [0.15, 0.2) is 30.3 Å². The molecule has 108 valence electrons. The van der Waals surface area contributed by atoms with Crippen LogP contribution in [-0.2, 0) is 14.3 Å². The van der Waals surface area contributed by atoms with E-state index >= 15 is 0 Å². The van der Waals surface area contributed by atoms with Gasteiger partial charge in [-0.2, -0.15) is 0 Å². The van der Waals surface area contributed by atoms with Crippen molar-refractivity contribution in [3.05, 3.63) is 35.9 Å². The molecule has 0 aliphatic heterocycles. The number of nitrogens with two attached hydrogens (primary N) is 1. The molecule has 20 heavy (non-hydrogen) atoms. The lowest BCUT2D eigenvalue weighted by Crippen LogP contribution is -2.42. The summed E-state index contributed by atoms with van der Waals surface area (Å²) in [6.45, 7) is 2.28. The molecule has 1 aromatic rings. The number of rotatable bonds is 7. The Morgan fingerprint density at radius 2 is 2.00 bits per heavy atom. The lowest BCUT2D eigenvalue weighted by atomic mass is 10.1. The highest BCUT2D eigenvalue weighted by atomic mass is 16.5. The van der Waals surface area contributed by atoms with Gasteiger partial charge in [-0.05, 0) is 31.2 Å². The van der Waals surface area contributed by atoms with Crippen LogP contribution in [0.1, 0.15) is 31.4 Å². The van der Waals surface area contributed by atoms with Gasteiger partial charge in [-0.25, -0.2) is 0 Å². The standard InChI is InChI=1S/C15H20N2O3/c1-10(20-9-11-7-8-11)15(19)17-13(14(16)18)12-5-3-2-4-6-12/h2-6,10-11,13H,7-9H2,1H3,(H2,16,18)(H,17,19)/t10-,13+/m0/s1. The molecule has 5 nitrogen and oxygen atoms in total. The average molecular weight is 276 g/mol. The summed E-state index contributed by atoms with van der Waals surface area (Å²) in [5.41, 5.74) is 6.02. The monoisotopic (exact) mass is 276 g/mol. The molecule has 0 spiro atoms. The molecule has 1 aromatic carbocycles. The van der Waals surface area contributed by atoms with E-state index in [1.165, 1.54) is 12.8 Å². The number of amides is 2. The maximum atomic E-state index is 12.0. The first-order valence-electron chi connectivity index (χ1n) is 6.84. The lowest BCUT2D eigenvalue weighted by molar-refractivity contribution is -0.135. The number of nitrogens with one attached hydrogen (secondary N) is 1. The van der Waals surface area contributed by atoms with Gasteiger partial charge in [-0.3, -0.25) is 9.59 Å². The van der Waals surface area contributed by atoms with Crippen molar-refractivity contribution in [1.29, 1.82) is 0 Å². The quantitative estimate of drug-likeness (QED) is 0.783. The van der Waals surface area contributed by atoms with E-state index in [0.29, 0.717) is 18.1 Å². The van der Waals surface area contributed by atoms with Crippen LogP contribution < -0.4 is 11.1 Å². The Morgan fingerprint density at radius 1 is 1.35 bits per heavy atom. The fraction of sp³-hybridized carbons (Fsp3) is 0.467. The third-order valence-electron chi connectivity index (χ3n) is 3.35. The maximum absolute atomic E-state index is 12.0. The van der Waals surface area contributed by atoms with Crippen molar-refractivity contribution in [2.75, 3.05) is 6.61 Å². The zero-order valence-electron chi connectivity index (χ0n) is 11.5. The molecule has 1 aliphatic rings. The molecule has 3 N–H and O–H groups in total. The van der Waals surface area contributed by atoms with Gasteiger partial charge in [-0.1, -0.05) is 30.3 Å². The number of carbonyl (C=O) groups excluding carboxylic acids is 2. The molecule has 2 amide bonds. The van der Waals surface area contributed by atoms with E-state index < -0.39 is 18.1 Å². The van der Waals surface area contributed by atoms with Crippen LogP contribution in [0.4, 0.5) is 0 Å². The Hall–Kier alpha value is -1.88. The van der Waals surface area contributed by atoms with E-state index in [1.807, 2.05) is 6.07 Å². The van der Waals surface area contributed by atoms with E-state index in [1.54, 1.807) is 31.2 Å². The largest absolute Gasteiger partial charge is 0.368 e. The smallest absolute Gasteiger partial charge is 0.249 e. The second kappa shape index (κ2) is 6.52. The Bertz CT molecular complexity index is 471. The summed E-state index contributed by atoms with van der Waals surface area (Å²) in [5.74, 6) is -0.316. The molecule has 0 unspecified atom stereocenters. The second-order valence-corrected chi connectivity index (χ2v) is 5.17. The molecule has 5 heteroatoms. The molecule has 0 saturated heterocycles. The average Bonchev–Trinajstić information content (AvgIpc) is 3.26. The third-order valence-corrected chi connectivity index (χ3v) is 3.35. The van der Waals surface area contributed by atoms with Gasteiger partial charge in [0.15, 0.2) is 0 Å². The fourth-order valence-corrected chi connectivity index (χ4v) is 1.86. The Balaban J connectivity index is 1.93. The molecule has 1 saturated carbocycles. The van der Waals surface area contributed by atoms with Crippen molar-refractivity contribution in [1.82, 2.24) is 5.32 Å². The molecule has 0 aromatic heterocycles. The third kappa shape index (κ3) is 4.06. The van der Waals surface area contributed by atoms with E-state index in [0.717, 1.165) is 0 Å². The zero-order chi connectivity index (χ0) is 14.5. The molecule has 0 bridgehead atoms. The molecular formula is C15H20N2O3. The molecule has 2 atom stereocenters. The van der Waals surface area contributed by atoms with Gasteiger partial charge in [0.2, 0.25) is 11.8 Å². The topological polar surface area (TPSA) is 81.4 Å². The van der Waals surface area contributed by atoms with Crippen LogP contribution in [0.5, 0.6) is 0 Å². The minimum absolute atomic E-state index is 0.321. The first-order chi connectivity index (χ1) is 9.58. The number of hydrogen-bond acceptors (Lipinski definition) is 3. The fourth-order valence-electron chi connectivity index (χ4n) is 1.86. The number of ether oxygens (including phenoxy) is 1. The van der Waals surface area contributed by atoms with E-state index in [4.69, 9.17) is 10.5 Å². The normalized spacial score (nSPS) is 17.2. The van der Waals surface area contributed by atoms with Crippen molar-refractivity contribution >= 4 is 11.8 Å². The van der Waals surface area contributed by atoms with Crippen LogP contribution in [0.3, 0.4) is 0 Å². The molecule has 1 fully saturated rings. The minimum atomic E-state index is -0.823. The Labute approximate surface area is 118 Å². The van der Waals surface area contributed by atoms with Crippen molar-refractivity contribution in [3.63, 3.8) is 0 Å². The van der Waals surface area contributed by atoms with E-state index in [2.05, 4.69) is 5.32 Å². The Morgan fingerprint density at radius 3 is 2.55 bits per heavy atom. The number of primary amides is 1. The van der Waals surface area contributed by atoms with Gasteiger partial charge < -0.3 is 15.8 Å². The highest BCUT2D eigenvalue weighted by molar-refractivity contribution is 5.89. The molecule has 0 radical (unpaired) electrons. The SMILES string of the molecule is C[C@H](OCC1CC1)C(=O)N[C@@H](C(N)=O)c1ccccc1. The summed E-state index contributed by atoms with van der Waals surface area (Å²) in [7, 11) is 0. The number of hydrogen-bond donors (Lipinski definition) is 2. The predicted octanol–water partition coefficient (Wildman–Crippen LogP) is 1.14. The summed E-state index contributed by atoms with van der Waals surface area (Å²) in [6, 6.07) is 8.12. The van der Waals surface area contributed by atoms with E-state index in [9.17, 15) is 9.59 Å². The van der Waals surface area contributed by atoms with Crippen molar-refractivity contribution < 1.29 is 14.3 Å². The zero-order valence-corrected chi connectivity index (χ0v) is 11.5. The maximum Gasteiger partial charge on any atom is 0.249 e.